The maximum Gasteiger partial charge on any atom is 0.435 e. The fourth-order valence-electron chi connectivity index (χ4n) is 3.92. The molecule has 2 N–H and O–H groups in total. The molecule has 0 unspecified atom stereocenters. The minimum absolute atomic E-state index is 0.501. The Morgan fingerprint density at radius 1 is 0.971 bits per heavy atom. The summed E-state index contributed by atoms with van der Waals surface area (Å²) in [5.74, 6) is 0. The molecule has 0 bridgehead atoms. The van der Waals surface area contributed by atoms with Gasteiger partial charge in [-0.05, 0) is 49.9 Å². The van der Waals surface area contributed by atoms with Crippen LogP contribution in [-0.2, 0) is 22.5 Å². The topological polar surface area (TPSA) is 79.4 Å². The van der Waals surface area contributed by atoms with Crippen molar-refractivity contribution in [2.45, 2.75) is 45.4 Å². The van der Waals surface area contributed by atoms with E-state index < -0.39 is 17.7 Å². The number of fused-ring (bicyclic) bond motifs is 1. The minimum Gasteiger partial charge on any atom is -0.442 e. The van der Waals surface area contributed by atoms with Gasteiger partial charge < -0.3 is 15.2 Å². The lowest BCUT2D eigenvalue weighted by atomic mass is 9.95. The first-order valence-corrected chi connectivity index (χ1v) is 11.5. The highest BCUT2D eigenvalue weighted by molar-refractivity contribution is 5.90. The van der Waals surface area contributed by atoms with Gasteiger partial charge in [-0.2, -0.15) is 9.78 Å². The van der Waals surface area contributed by atoms with E-state index in [1.54, 1.807) is 0 Å². The third kappa shape index (κ3) is 5.53. The minimum atomic E-state index is -0.626. The lowest BCUT2D eigenvalue weighted by Gasteiger charge is -2.19. The molecule has 0 saturated carbocycles. The van der Waals surface area contributed by atoms with Crippen LogP contribution in [0.5, 0.6) is 0 Å². The van der Waals surface area contributed by atoms with Crippen LogP contribution >= 0.6 is 0 Å². The zero-order valence-corrected chi connectivity index (χ0v) is 19.9. The molecule has 0 spiro atoms. The molecule has 4 aromatic rings. The summed E-state index contributed by atoms with van der Waals surface area (Å²) in [6.07, 6.45) is 0.200. The van der Waals surface area contributed by atoms with Crippen molar-refractivity contribution >= 4 is 17.0 Å². The SMILES string of the molecule is CC(C)(C)OC(=O)n1nc([C@@H](N)c2ccccc2CCOCc2ccccc2)c2ccccc21. The van der Waals surface area contributed by atoms with Gasteiger partial charge >= 0.3 is 6.09 Å². The summed E-state index contributed by atoms with van der Waals surface area (Å²) in [5.41, 5.74) is 10.6. The first-order chi connectivity index (χ1) is 16.3. The number of benzene rings is 3. The van der Waals surface area contributed by atoms with Crippen LogP contribution in [-0.4, -0.2) is 28.1 Å². The van der Waals surface area contributed by atoms with Gasteiger partial charge in [-0.1, -0.05) is 72.8 Å². The van der Waals surface area contributed by atoms with Crippen LogP contribution in [0, 0.1) is 0 Å². The van der Waals surface area contributed by atoms with Crippen LogP contribution in [0.15, 0.2) is 78.9 Å². The van der Waals surface area contributed by atoms with Crippen molar-refractivity contribution in [3.63, 3.8) is 0 Å². The smallest absolute Gasteiger partial charge is 0.435 e. The lowest BCUT2D eigenvalue weighted by molar-refractivity contribution is 0.0522. The third-order valence-electron chi connectivity index (χ3n) is 5.49. The van der Waals surface area contributed by atoms with E-state index in [0.717, 1.165) is 28.5 Å². The molecule has 3 aromatic carbocycles. The predicted octanol–water partition coefficient (Wildman–Crippen LogP) is 5.63. The van der Waals surface area contributed by atoms with Crippen molar-refractivity contribution in [3.05, 3.63) is 101 Å². The van der Waals surface area contributed by atoms with Crippen LogP contribution < -0.4 is 5.73 Å². The number of para-hydroxylation sites is 1. The number of hydrogen-bond donors (Lipinski definition) is 1. The molecular weight excluding hydrogens is 426 g/mol. The van der Waals surface area contributed by atoms with Gasteiger partial charge in [-0.3, -0.25) is 0 Å². The van der Waals surface area contributed by atoms with Crippen LogP contribution in [0.25, 0.3) is 10.9 Å². The number of aromatic nitrogens is 2. The Balaban J connectivity index is 1.57. The Hall–Kier alpha value is -3.48. The number of carbonyl (C=O) groups excluding carboxylic acids is 1. The number of carbonyl (C=O) groups is 1. The van der Waals surface area contributed by atoms with Crippen LogP contribution in [0.1, 0.15) is 49.2 Å². The van der Waals surface area contributed by atoms with Gasteiger partial charge in [0.25, 0.3) is 0 Å². The van der Waals surface area contributed by atoms with Crippen molar-refractivity contribution in [1.29, 1.82) is 0 Å². The summed E-state index contributed by atoms with van der Waals surface area (Å²) in [7, 11) is 0. The van der Waals surface area contributed by atoms with Crippen LogP contribution in [0.4, 0.5) is 4.79 Å². The van der Waals surface area contributed by atoms with E-state index in [4.69, 9.17) is 15.2 Å². The molecule has 1 aromatic heterocycles. The predicted molar refractivity (Wildman–Crippen MR) is 134 cm³/mol. The van der Waals surface area contributed by atoms with E-state index in [1.165, 1.54) is 4.68 Å². The molecule has 4 rings (SSSR count). The highest BCUT2D eigenvalue weighted by atomic mass is 16.6. The lowest BCUT2D eigenvalue weighted by Crippen LogP contribution is -2.28. The molecule has 34 heavy (non-hydrogen) atoms. The second kappa shape index (κ2) is 10.2. The number of hydrogen-bond acceptors (Lipinski definition) is 5. The Kier molecular flexibility index (Phi) is 7.10. The number of nitrogens with zero attached hydrogens (tertiary/aromatic N) is 2. The van der Waals surface area contributed by atoms with Crippen LogP contribution in [0.2, 0.25) is 0 Å². The van der Waals surface area contributed by atoms with Gasteiger partial charge in [0.05, 0.1) is 30.5 Å². The van der Waals surface area contributed by atoms with Crippen molar-refractivity contribution in [3.8, 4) is 0 Å². The molecule has 176 valence electrons. The average Bonchev–Trinajstić information content (AvgIpc) is 3.21. The molecule has 0 amide bonds. The first kappa shape index (κ1) is 23.7. The Bertz CT molecular complexity index is 1260. The normalized spacial score (nSPS) is 12.6. The van der Waals surface area contributed by atoms with Gasteiger partial charge in [0.1, 0.15) is 5.60 Å². The van der Waals surface area contributed by atoms with Gasteiger partial charge in [-0.15, -0.1) is 0 Å². The van der Waals surface area contributed by atoms with E-state index >= 15 is 0 Å². The zero-order valence-electron chi connectivity index (χ0n) is 19.9. The molecule has 6 heteroatoms. The molecule has 0 aliphatic heterocycles. The maximum atomic E-state index is 12.8. The Morgan fingerprint density at radius 2 is 1.65 bits per heavy atom. The second-order valence-corrected chi connectivity index (χ2v) is 9.26. The van der Waals surface area contributed by atoms with Gasteiger partial charge in [-0.25, -0.2) is 4.79 Å². The largest absolute Gasteiger partial charge is 0.442 e. The van der Waals surface area contributed by atoms with Crippen molar-refractivity contribution in [2.75, 3.05) is 6.61 Å². The molecule has 0 radical (unpaired) electrons. The van der Waals surface area contributed by atoms with E-state index in [1.807, 2.05) is 81.4 Å². The second-order valence-electron chi connectivity index (χ2n) is 9.26. The van der Waals surface area contributed by atoms with E-state index in [-0.39, 0.29) is 0 Å². The third-order valence-corrected chi connectivity index (χ3v) is 5.49. The fourth-order valence-corrected chi connectivity index (χ4v) is 3.92. The summed E-state index contributed by atoms with van der Waals surface area (Å²) >= 11 is 0. The highest BCUT2D eigenvalue weighted by Crippen LogP contribution is 2.29. The van der Waals surface area contributed by atoms with Gasteiger partial charge in [0.2, 0.25) is 0 Å². The molecule has 0 fully saturated rings. The molecule has 0 aliphatic rings. The summed E-state index contributed by atoms with van der Waals surface area (Å²) in [6.45, 7) is 6.64. The van der Waals surface area contributed by atoms with Gasteiger partial charge in [0, 0.05) is 5.39 Å². The maximum absolute atomic E-state index is 12.8. The zero-order chi connectivity index (χ0) is 24.1. The standard InChI is InChI=1S/C28H31N3O3/c1-28(2,3)34-27(32)31-24-16-10-9-15-23(24)26(30-31)25(29)22-14-8-7-13-21(22)17-18-33-19-20-11-5-4-6-12-20/h4-16,25H,17-19,29H2,1-3H3/t25-/m0/s1. The summed E-state index contributed by atoms with van der Waals surface area (Å²) in [5, 5.41) is 5.44. The van der Waals surface area contributed by atoms with Crippen molar-refractivity contribution in [1.82, 2.24) is 9.78 Å². The molecule has 6 nitrogen and oxygen atoms in total. The number of rotatable bonds is 7. The highest BCUT2D eigenvalue weighted by Gasteiger charge is 2.25. The van der Waals surface area contributed by atoms with E-state index in [2.05, 4.69) is 23.3 Å². The average molecular weight is 458 g/mol. The summed E-state index contributed by atoms with van der Waals surface area (Å²) < 4.78 is 12.8. The monoisotopic (exact) mass is 457 g/mol. The molecular formula is C28H31N3O3. The molecule has 1 atom stereocenters. The molecule has 0 saturated heterocycles. The number of ether oxygens (including phenoxy) is 2. The van der Waals surface area contributed by atoms with E-state index in [9.17, 15) is 4.79 Å². The van der Waals surface area contributed by atoms with Crippen molar-refractivity contribution < 1.29 is 14.3 Å². The summed E-state index contributed by atoms with van der Waals surface area (Å²) in [4.78, 5) is 12.8. The summed E-state index contributed by atoms with van der Waals surface area (Å²) in [6, 6.07) is 25.2. The quantitative estimate of drug-likeness (QED) is 0.364. The molecule has 0 aliphatic carbocycles. The Morgan fingerprint density at radius 3 is 2.41 bits per heavy atom. The number of nitrogens with two attached hydrogens (primary N) is 1. The van der Waals surface area contributed by atoms with Gasteiger partial charge in [0.15, 0.2) is 0 Å². The Labute approximate surface area is 200 Å². The van der Waals surface area contributed by atoms with E-state index in [0.29, 0.717) is 24.4 Å². The first-order valence-electron chi connectivity index (χ1n) is 11.5. The van der Waals surface area contributed by atoms with Crippen LogP contribution in [0.3, 0.4) is 0 Å². The molecule has 1 heterocycles. The fraction of sp³-hybridized carbons (Fsp3) is 0.286. The van der Waals surface area contributed by atoms with Crippen molar-refractivity contribution in [2.24, 2.45) is 5.73 Å².